The first kappa shape index (κ1) is 19.5. The van der Waals surface area contributed by atoms with E-state index >= 15 is 0 Å². The van der Waals surface area contributed by atoms with Crippen LogP contribution in [-0.2, 0) is 20.8 Å². The van der Waals surface area contributed by atoms with E-state index in [1.165, 1.54) is 18.7 Å². The second-order valence-corrected chi connectivity index (χ2v) is 5.37. The van der Waals surface area contributed by atoms with Crippen molar-refractivity contribution >= 4 is 17.8 Å². The van der Waals surface area contributed by atoms with E-state index in [0.717, 1.165) is 12.0 Å². The average molecular weight is 336 g/mol. The van der Waals surface area contributed by atoms with Crippen molar-refractivity contribution in [1.82, 2.24) is 10.2 Å². The Labute approximate surface area is 141 Å². The molecule has 132 valence electrons. The van der Waals surface area contributed by atoms with Crippen molar-refractivity contribution in [3.63, 3.8) is 0 Å². The van der Waals surface area contributed by atoms with Crippen LogP contribution in [0.1, 0.15) is 26.3 Å². The third-order valence-electron chi connectivity index (χ3n) is 3.57. The molecule has 1 aromatic carbocycles. The van der Waals surface area contributed by atoms with Gasteiger partial charge in [-0.2, -0.15) is 0 Å². The molecule has 1 aromatic rings. The zero-order valence-electron chi connectivity index (χ0n) is 14.2. The van der Waals surface area contributed by atoms with Gasteiger partial charge in [0.1, 0.15) is 11.8 Å². The van der Waals surface area contributed by atoms with Crippen molar-refractivity contribution in [3.05, 3.63) is 29.8 Å². The van der Waals surface area contributed by atoms with E-state index in [-0.39, 0.29) is 25.6 Å². The Balaban J connectivity index is 2.64. The fourth-order valence-electron chi connectivity index (χ4n) is 2.07. The Morgan fingerprint density at radius 1 is 1.25 bits per heavy atom. The number of hydrogen-bond donors (Lipinski definition) is 2. The number of nitrogens with one attached hydrogen (secondary N) is 1. The van der Waals surface area contributed by atoms with Crippen molar-refractivity contribution in [2.24, 2.45) is 0 Å². The molecular formula is C17H24N2O5. The lowest BCUT2D eigenvalue weighted by atomic mass is 10.2. The van der Waals surface area contributed by atoms with Crippen LogP contribution in [0.2, 0.25) is 0 Å². The molecule has 1 rings (SSSR count). The first-order valence-corrected chi connectivity index (χ1v) is 7.83. The van der Waals surface area contributed by atoms with E-state index < -0.39 is 17.9 Å². The fraction of sp³-hybridized carbons (Fsp3) is 0.471. The first-order valence-electron chi connectivity index (χ1n) is 7.83. The summed E-state index contributed by atoms with van der Waals surface area (Å²) in [6.07, 6.45) is 0.909. The summed E-state index contributed by atoms with van der Waals surface area (Å²) < 4.78 is 5.43. The molecule has 7 nitrogen and oxygen atoms in total. The van der Waals surface area contributed by atoms with E-state index in [9.17, 15) is 14.4 Å². The van der Waals surface area contributed by atoms with Crippen LogP contribution in [0.15, 0.2) is 24.3 Å². The maximum atomic E-state index is 12.3. The van der Waals surface area contributed by atoms with Gasteiger partial charge in [0, 0.05) is 20.0 Å². The highest BCUT2D eigenvalue weighted by atomic mass is 16.5. The van der Waals surface area contributed by atoms with Gasteiger partial charge in [-0.15, -0.1) is 0 Å². The van der Waals surface area contributed by atoms with Crippen molar-refractivity contribution in [3.8, 4) is 5.75 Å². The highest BCUT2D eigenvalue weighted by molar-refractivity contribution is 5.84. The van der Waals surface area contributed by atoms with Crippen LogP contribution < -0.4 is 10.1 Å². The maximum Gasteiger partial charge on any atom is 0.326 e. The lowest BCUT2D eigenvalue weighted by molar-refractivity contribution is -0.150. The number of nitrogens with zero attached hydrogens (tertiary/aromatic N) is 1. The van der Waals surface area contributed by atoms with E-state index in [4.69, 9.17) is 9.84 Å². The van der Waals surface area contributed by atoms with Gasteiger partial charge in [-0.3, -0.25) is 9.59 Å². The fourth-order valence-corrected chi connectivity index (χ4v) is 2.07. The molecule has 0 fully saturated rings. The van der Waals surface area contributed by atoms with Crippen LogP contribution in [0.5, 0.6) is 5.75 Å². The zero-order chi connectivity index (χ0) is 18.1. The number of hydrogen-bond acceptors (Lipinski definition) is 4. The lowest BCUT2D eigenvalue weighted by Crippen LogP contribution is -2.48. The predicted molar refractivity (Wildman–Crippen MR) is 88.8 cm³/mol. The number of carboxylic acid groups (broad SMARTS) is 1. The van der Waals surface area contributed by atoms with Gasteiger partial charge in [-0.1, -0.05) is 19.1 Å². The van der Waals surface area contributed by atoms with E-state index in [2.05, 4.69) is 5.32 Å². The third kappa shape index (κ3) is 6.28. The van der Waals surface area contributed by atoms with Crippen molar-refractivity contribution in [2.45, 2.75) is 33.2 Å². The molecule has 0 spiro atoms. The summed E-state index contributed by atoms with van der Waals surface area (Å²) in [4.78, 5) is 35.5. The van der Waals surface area contributed by atoms with Gasteiger partial charge >= 0.3 is 5.97 Å². The summed E-state index contributed by atoms with van der Waals surface area (Å²) >= 11 is 0. The highest BCUT2D eigenvalue weighted by Crippen LogP contribution is 2.13. The van der Waals surface area contributed by atoms with Crippen LogP contribution in [0.3, 0.4) is 0 Å². The van der Waals surface area contributed by atoms with Gasteiger partial charge < -0.3 is 20.1 Å². The maximum absolute atomic E-state index is 12.3. The lowest BCUT2D eigenvalue weighted by Gasteiger charge is -2.26. The molecule has 0 saturated carbocycles. The second-order valence-electron chi connectivity index (χ2n) is 5.37. The number of carbonyl (C=O) groups excluding carboxylic acids is 2. The molecule has 1 unspecified atom stereocenters. The normalized spacial score (nSPS) is 11.5. The van der Waals surface area contributed by atoms with Gasteiger partial charge in [0.25, 0.3) is 5.91 Å². The third-order valence-corrected chi connectivity index (χ3v) is 3.57. The molecule has 0 bridgehead atoms. The number of amides is 2. The Bertz CT molecular complexity index is 571. The SMILES string of the molecule is CCc1ccc(OCC(=O)N(CCNC(C)=O)C(C)C(=O)O)cc1. The number of aliphatic carboxylic acids is 1. The van der Waals surface area contributed by atoms with E-state index in [0.29, 0.717) is 5.75 Å². The van der Waals surface area contributed by atoms with Crippen molar-refractivity contribution in [1.29, 1.82) is 0 Å². The van der Waals surface area contributed by atoms with Crippen molar-refractivity contribution in [2.75, 3.05) is 19.7 Å². The first-order chi connectivity index (χ1) is 11.3. The highest BCUT2D eigenvalue weighted by Gasteiger charge is 2.25. The molecule has 0 saturated heterocycles. The van der Waals surface area contributed by atoms with Crippen LogP contribution in [0.4, 0.5) is 0 Å². The topological polar surface area (TPSA) is 95.9 Å². The average Bonchev–Trinajstić information content (AvgIpc) is 2.56. The molecule has 0 aliphatic carbocycles. The zero-order valence-corrected chi connectivity index (χ0v) is 14.2. The molecule has 7 heteroatoms. The largest absolute Gasteiger partial charge is 0.484 e. The minimum absolute atomic E-state index is 0.101. The van der Waals surface area contributed by atoms with Crippen LogP contribution in [0, 0.1) is 0 Å². The van der Waals surface area contributed by atoms with Gasteiger partial charge in [0.2, 0.25) is 5.91 Å². The Morgan fingerprint density at radius 3 is 2.38 bits per heavy atom. The summed E-state index contributed by atoms with van der Waals surface area (Å²) in [5, 5.41) is 11.7. The van der Waals surface area contributed by atoms with Gasteiger partial charge in [0.15, 0.2) is 6.61 Å². The summed E-state index contributed by atoms with van der Waals surface area (Å²) in [6.45, 7) is 4.84. The smallest absolute Gasteiger partial charge is 0.326 e. The molecule has 0 radical (unpaired) electrons. The van der Waals surface area contributed by atoms with Gasteiger partial charge in [-0.05, 0) is 31.0 Å². The van der Waals surface area contributed by atoms with E-state index in [1.54, 1.807) is 12.1 Å². The molecule has 2 N–H and O–H groups in total. The molecule has 0 aliphatic heterocycles. The number of rotatable bonds is 9. The minimum Gasteiger partial charge on any atom is -0.484 e. The van der Waals surface area contributed by atoms with E-state index in [1.807, 2.05) is 19.1 Å². The molecule has 1 atom stereocenters. The molecule has 2 amide bonds. The Morgan fingerprint density at radius 2 is 1.88 bits per heavy atom. The van der Waals surface area contributed by atoms with Crippen molar-refractivity contribution < 1.29 is 24.2 Å². The molecule has 0 aromatic heterocycles. The van der Waals surface area contributed by atoms with Gasteiger partial charge in [-0.25, -0.2) is 4.79 Å². The Kier molecular flexibility index (Phi) is 7.74. The summed E-state index contributed by atoms with van der Waals surface area (Å²) in [7, 11) is 0. The second kappa shape index (κ2) is 9.54. The standard InChI is InChI=1S/C17H24N2O5/c1-4-14-5-7-15(8-6-14)24-11-16(21)19(12(2)17(22)23)10-9-18-13(3)20/h5-8,12H,4,9-11H2,1-3H3,(H,18,20)(H,22,23). The number of aryl methyl sites for hydroxylation is 1. The number of benzene rings is 1. The monoisotopic (exact) mass is 336 g/mol. The van der Waals surface area contributed by atoms with Crippen LogP contribution >= 0.6 is 0 Å². The van der Waals surface area contributed by atoms with Crippen LogP contribution in [-0.4, -0.2) is 53.5 Å². The summed E-state index contributed by atoms with van der Waals surface area (Å²) in [6, 6.07) is 6.36. The quantitative estimate of drug-likeness (QED) is 0.703. The van der Waals surface area contributed by atoms with Crippen LogP contribution in [0.25, 0.3) is 0 Å². The number of carbonyl (C=O) groups is 3. The van der Waals surface area contributed by atoms with Gasteiger partial charge in [0.05, 0.1) is 0 Å². The number of ether oxygens (including phenoxy) is 1. The molecular weight excluding hydrogens is 312 g/mol. The molecule has 0 aliphatic rings. The Hall–Kier alpha value is -2.57. The number of carboxylic acids is 1. The molecule has 0 heterocycles. The molecule has 24 heavy (non-hydrogen) atoms. The minimum atomic E-state index is -1.11. The summed E-state index contributed by atoms with van der Waals surface area (Å²) in [5.74, 6) is -1.25. The predicted octanol–water partition coefficient (Wildman–Crippen LogP) is 1.07. The summed E-state index contributed by atoms with van der Waals surface area (Å²) in [5.41, 5.74) is 1.16.